The maximum absolute atomic E-state index is 11.8. The molecule has 2 N–H and O–H groups in total. The third kappa shape index (κ3) is 1.63. The number of hydrogen-bond donors (Lipinski definition) is 2. The van der Waals surface area contributed by atoms with E-state index in [4.69, 9.17) is 0 Å². The Bertz CT molecular complexity index is 479. The van der Waals surface area contributed by atoms with Crippen molar-refractivity contribution in [1.82, 2.24) is 0 Å². The Hall–Kier alpha value is -2.04. The molecular formula is C13H14O5. The fourth-order valence-electron chi connectivity index (χ4n) is 2.50. The maximum atomic E-state index is 11.8. The molecule has 0 spiro atoms. The van der Waals surface area contributed by atoms with Crippen LogP contribution in [0.2, 0.25) is 0 Å². The summed E-state index contributed by atoms with van der Waals surface area (Å²) in [5.74, 6) is -2.15. The number of benzene rings is 1. The fourth-order valence-corrected chi connectivity index (χ4v) is 2.50. The van der Waals surface area contributed by atoms with Gasteiger partial charge in [0.05, 0.1) is 7.11 Å². The molecule has 0 heterocycles. The van der Waals surface area contributed by atoms with Crippen LogP contribution in [0.25, 0.3) is 0 Å². The van der Waals surface area contributed by atoms with Crippen LogP contribution < -0.4 is 0 Å². The zero-order chi connectivity index (χ0) is 13.3. The van der Waals surface area contributed by atoms with Crippen LogP contribution in [-0.4, -0.2) is 29.3 Å². The molecule has 0 amide bonds. The molecule has 0 aromatic heterocycles. The highest BCUT2D eigenvalue weighted by molar-refractivity contribution is 6.01. The number of hydrogen-bond acceptors (Lipinski definition) is 4. The number of carbonyl (C=O) groups excluding carboxylic acids is 1. The van der Waals surface area contributed by atoms with Gasteiger partial charge in [0.1, 0.15) is 5.75 Å². The number of rotatable bonds is 3. The summed E-state index contributed by atoms with van der Waals surface area (Å²) in [4.78, 5) is 23.2. The molecule has 5 heteroatoms. The average Bonchev–Trinajstić information content (AvgIpc) is 2.30. The Morgan fingerprint density at radius 2 is 1.94 bits per heavy atom. The van der Waals surface area contributed by atoms with E-state index in [0.717, 1.165) is 5.56 Å². The highest BCUT2D eigenvalue weighted by Gasteiger charge is 2.60. The second-order valence-corrected chi connectivity index (χ2v) is 4.45. The fraction of sp³-hybridized carbons (Fsp3) is 0.385. The summed E-state index contributed by atoms with van der Waals surface area (Å²) in [6.45, 7) is 0. The van der Waals surface area contributed by atoms with Crippen molar-refractivity contribution in [2.24, 2.45) is 5.41 Å². The van der Waals surface area contributed by atoms with Crippen molar-refractivity contribution in [2.75, 3.05) is 7.11 Å². The number of carbonyl (C=O) groups is 2. The van der Waals surface area contributed by atoms with Gasteiger partial charge in [0.15, 0.2) is 5.41 Å². The van der Waals surface area contributed by atoms with Crippen LogP contribution in [0.3, 0.4) is 0 Å². The molecule has 18 heavy (non-hydrogen) atoms. The Kier molecular flexibility index (Phi) is 2.98. The second-order valence-electron chi connectivity index (χ2n) is 4.45. The Balaban J connectivity index is 2.37. The van der Waals surface area contributed by atoms with Crippen LogP contribution in [0.15, 0.2) is 24.3 Å². The zero-order valence-corrected chi connectivity index (χ0v) is 9.92. The van der Waals surface area contributed by atoms with Crippen molar-refractivity contribution < 1.29 is 24.5 Å². The summed E-state index contributed by atoms with van der Waals surface area (Å²) in [7, 11) is 1.19. The van der Waals surface area contributed by atoms with Crippen LogP contribution in [0.5, 0.6) is 5.75 Å². The molecule has 5 nitrogen and oxygen atoms in total. The molecule has 0 aliphatic heterocycles. The van der Waals surface area contributed by atoms with E-state index in [-0.39, 0.29) is 12.2 Å². The van der Waals surface area contributed by atoms with E-state index in [1.165, 1.54) is 19.2 Å². The Labute approximate surface area is 104 Å². The number of aromatic hydroxyl groups is 1. The van der Waals surface area contributed by atoms with Gasteiger partial charge < -0.3 is 14.9 Å². The molecule has 2 rings (SSSR count). The molecule has 1 aromatic rings. The van der Waals surface area contributed by atoms with Gasteiger partial charge in [-0.25, -0.2) is 0 Å². The van der Waals surface area contributed by atoms with Crippen LogP contribution in [0, 0.1) is 5.41 Å². The largest absolute Gasteiger partial charge is 0.508 e. The van der Waals surface area contributed by atoms with Crippen molar-refractivity contribution in [3.8, 4) is 5.75 Å². The first kappa shape index (κ1) is 12.4. The van der Waals surface area contributed by atoms with Gasteiger partial charge in [-0.2, -0.15) is 0 Å². The molecule has 0 bridgehead atoms. The van der Waals surface area contributed by atoms with Crippen molar-refractivity contribution in [3.05, 3.63) is 29.8 Å². The Morgan fingerprint density at radius 3 is 2.33 bits per heavy atom. The second kappa shape index (κ2) is 4.33. The molecule has 1 aliphatic carbocycles. The number of carboxylic acids is 1. The molecule has 0 radical (unpaired) electrons. The van der Waals surface area contributed by atoms with E-state index in [0.29, 0.717) is 6.42 Å². The lowest BCUT2D eigenvalue weighted by Gasteiger charge is -2.43. The van der Waals surface area contributed by atoms with Crippen LogP contribution >= 0.6 is 0 Å². The highest BCUT2D eigenvalue weighted by Crippen LogP contribution is 2.54. The lowest BCUT2D eigenvalue weighted by Crippen LogP contribution is -2.51. The van der Waals surface area contributed by atoms with E-state index in [1.807, 2.05) is 0 Å². The van der Waals surface area contributed by atoms with Gasteiger partial charge in [0.2, 0.25) is 0 Å². The predicted molar refractivity (Wildman–Crippen MR) is 62.2 cm³/mol. The molecule has 0 saturated heterocycles. The van der Waals surface area contributed by atoms with Gasteiger partial charge in [-0.1, -0.05) is 12.1 Å². The number of esters is 1. The summed E-state index contributed by atoms with van der Waals surface area (Å²) in [5, 5.41) is 18.5. The molecule has 1 aliphatic rings. The number of ether oxygens (including phenoxy) is 1. The average molecular weight is 250 g/mol. The third-order valence-corrected chi connectivity index (χ3v) is 3.65. The van der Waals surface area contributed by atoms with Gasteiger partial charge in [-0.05, 0) is 30.5 Å². The molecular weight excluding hydrogens is 236 g/mol. The molecule has 2 atom stereocenters. The topological polar surface area (TPSA) is 83.8 Å². The van der Waals surface area contributed by atoms with E-state index in [1.54, 1.807) is 12.1 Å². The molecule has 1 fully saturated rings. The quantitative estimate of drug-likeness (QED) is 0.627. The first-order chi connectivity index (χ1) is 8.52. The Morgan fingerprint density at radius 1 is 1.33 bits per heavy atom. The van der Waals surface area contributed by atoms with E-state index in [2.05, 4.69) is 4.74 Å². The van der Waals surface area contributed by atoms with Gasteiger partial charge in [-0.15, -0.1) is 0 Å². The summed E-state index contributed by atoms with van der Waals surface area (Å²) < 4.78 is 4.63. The van der Waals surface area contributed by atoms with Gasteiger partial charge in [0, 0.05) is 5.92 Å². The first-order valence-corrected chi connectivity index (χ1v) is 5.63. The SMILES string of the molecule is COC(=O)C1(C(=O)O)CCC1c1ccc(O)cc1. The number of methoxy groups -OCH3 is 1. The van der Waals surface area contributed by atoms with Crippen molar-refractivity contribution in [3.63, 3.8) is 0 Å². The van der Waals surface area contributed by atoms with Crippen molar-refractivity contribution in [2.45, 2.75) is 18.8 Å². The summed E-state index contributed by atoms with van der Waals surface area (Å²) in [6.07, 6.45) is 0.896. The first-order valence-electron chi connectivity index (χ1n) is 5.63. The minimum atomic E-state index is -1.48. The van der Waals surface area contributed by atoms with E-state index >= 15 is 0 Å². The standard InChI is InChI=1S/C13H14O5/c1-18-12(17)13(11(15)16)7-6-10(13)8-2-4-9(14)5-3-8/h2-5,10,14H,6-7H2,1H3,(H,15,16). The van der Waals surface area contributed by atoms with Crippen LogP contribution in [0.4, 0.5) is 0 Å². The molecule has 1 saturated carbocycles. The number of phenolic OH excluding ortho intramolecular Hbond substituents is 1. The monoisotopic (exact) mass is 250 g/mol. The predicted octanol–water partition coefficient (Wildman–Crippen LogP) is 1.51. The number of aliphatic carboxylic acids is 1. The van der Waals surface area contributed by atoms with Gasteiger partial charge in [0.25, 0.3) is 0 Å². The number of carboxylic acid groups (broad SMARTS) is 1. The van der Waals surface area contributed by atoms with Crippen molar-refractivity contribution >= 4 is 11.9 Å². The smallest absolute Gasteiger partial charge is 0.323 e. The lowest BCUT2D eigenvalue weighted by molar-refractivity contribution is -0.176. The third-order valence-electron chi connectivity index (χ3n) is 3.65. The van der Waals surface area contributed by atoms with Gasteiger partial charge in [-0.3, -0.25) is 9.59 Å². The highest BCUT2D eigenvalue weighted by atomic mass is 16.5. The van der Waals surface area contributed by atoms with E-state index < -0.39 is 23.3 Å². The van der Waals surface area contributed by atoms with Gasteiger partial charge >= 0.3 is 11.9 Å². The molecule has 1 aromatic carbocycles. The van der Waals surface area contributed by atoms with Crippen LogP contribution in [0.1, 0.15) is 24.3 Å². The zero-order valence-electron chi connectivity index (χ0n) is 9.92. The summed E-state index contributed by atoms with van der Waals surface area (Å²) in [6, 6.07) is 6.24. The summed E-state index contributed by atoms with van der Waals surface area (Å²) >= 11 is 0. The maximum Gasteiger partial charge on any atom is 0.323 e. The van der Waals surface area contributed by atoms with Crippen LogP contribution in [-0.2, 0) is 14.3 Å². The minimum Gasteiger partial charge on any atom is -0.508 e. The summed E-state index contributed by atoms with van der Waals surface area (Å²) in [5.41, 5.74) is -0.752. The van der Waals surface area contributed by atoms with Crippen molar-refractivity contribution in [1.29, 1.82) is 0 Å². The minimum absolute atomic E-state index is 0.108. The van der Waals surface area contributed by atoms with E-state index in [9.17, 15) is 19.8 Å². The molecule has 96 valence electrons. The number of phenols is 1. The molecule has 2 unspecified atom stereocenters. The normalized spacial score (nSPS) is 26.2. The lowest BCUT2D eigenvalue weighted by atomic mass is 9.57.